The maximum absolute atomic E-state index is 6.26. The van der Waals surface area contributed by atoms with E-state index < -0.39 is 32.3 Å². The van der Waals surface area contributed by atoms with Gasteiger partial charge in [0.05, 0.1) is 46.5 Å². The van der Waals surface area contributed by atoms with Crippen molar-refractivity contribution in [2.24, 2.45) is 0 Å². The fourth-order valence-electron chi connectivity index (χ4n) is 9.81. The Morgan fingerprint density at radius 2 is 0.698 bits per heavy atom. The second-order valence-electron chi connectivity index (χ2n) is 17.9. The van der Waals surface area contributed by atoms with Crippen molar-refractivity contribution < 1.29 is 9.47 Å². The van der Waals surface area contributed by atoms with Gasteiger partial charge in [-0.2, -0.15) is 0 Å². The first-order valence-electron chi connectivity index (χ1n) is 24.8. The second-order valence-corrected chi connectivity index (χ2v) is 31.5. The van der Waals surface area contributed by atoms with Gasteiger partial charge in [0.15, 0.2) is 0 Å². The third kappa shape index (κ3) is 13.0. The normalized spacial score (nSPS) is 12.0. The summed E-state index contributed by atoms with van der Waals surface area (Å²) in [4.78, 5) is 0. The standard InChI is InChI=1S/C56H81NO2P2Si2/c1-9-15-42-62(43-16-10-2,44-17-11-3)51-38-34-49(35-39-51)60(50-36-40-52(41-37-50)63(45-18-12-4,46-19-13-5)47-20-14-6)57(48-28-22-21-23-29-48)61(55-32-26-24-30-53(55)58-7)56-33-27-25-31-54(56)59-8/h21-41H,9-20,42-47H2,1-8H3. The number of methoxy groups -OCH3 is 2. The van der Waals surface area contributed by atoms with Crippen LogP contribution in [0.3, 0.4) is 0 Å². The van der Waals surface area contributed by atoms with Crippen molar-refractivity contribution >= 4 is 69.6 Å². The van der Waals surface area contributed by atoms with Gasteiger partial charge in [-0.1, -0.05) is 256 Å². The molecule has 0 N–H and O–H groups in total. The number of para-hydroxylation sites is 3. The molecule has 0 atom stereocenters. The quantitative estimate of drug-likeness (QED) is 0.0352. The highest BCUT2D eigenvalue weighted by molar-refractivity contribution is 7.91. The lowest BCUT2D eigenvalue weighted by Gasteiger charge is -2.41. The number of nitrogens with zero attached hydrogens (tertiary/aromatic N) is 1. The van der Waals surface area contributed by atoms with E-state index in [1.54, 1.807) is 10.4 Å². The Labute approximate surface area is 389 Å². The van der Waals surface area contributed by atoms with Gasteiger partial charge in [-0.15, -0.1) is 0 Å². The van der Waals surface area contributed by atoms with Crippen LogP contribution in [-0.2, 0) is 0 Å². The molecule has 0 bridgehead atoms. The predicted molar refractivity (Wildman–Crippen MR) is 289 cm³/mol. The largest absolute Gasteiger partial charge is 0.496 e. The fraction of sp³-hybridized carbons (Fsp3) is 0.464. The minimum atomic E-state index is -1.71. The van der Waals surface area contributed by atoms with Crippen molar-refractivity contribution in [2.45, 2.75) is 155 Å². The first-order chi connectivity index (χ1) is 30.9. The summed E-state index contributed by atoms with van der Waals surface area (Å²) in [5.74, 6) is 1.82. The average molecular weight is 918 g/mol. The van der Waals surface area contributed by atoms with E-state index >= 15 is 0 Å². The van der Waals surface area contributed by atoms with Crippen molar-refractivity contribution in [3.05, 3.63) is 127 Å². The van der Waals surface area contributed by atoms with Crippen LogP contribution in [0, 0.1) is 0 Å². The van der Waals surface area contributed by atoms with Crippen LogP contribution >= 0.6 is 16.1 Å². The minimum Gasteiger partial charge on any atom is -0.496 e. The molecular weight excluding hydrogens is 837 g/mol. The van der Waals surface area contributed by atoms with E-state index in [9.17, 15) is 0 Å². The summed E-state index contributed by atoms with van der Waals surface area (Å²) in [6, 6.07) is 57.8. The molecule has 7 heteroatoms. The summed E-state index contributed by atoms with van der Waals surface area (Å²) in [7, 11) is -2.08. The molecule has 63 heavy (non-hydrogen) atoms. The maximum Gasteiger partial charge on any atom is 0.128 e. The maximum atomic E-state index is 6.26. The molecule has 5 rings (SSSR count). The summed E-state index contributed by atoms with van der Waals surface area (Å²) in [5, 5.41) is 8.54. The summed E-state index contributed by atoms with van der Waals surface area (Å²) in [6.07, 6.45) is 15.7. The highest BCUT2D eigenvalue weighted by Gasteiger charge is 2.38. The predicted octanol–water partition coefficient (Wildman–Crippen LogP) is 14.7. The van der Waals surface area contributed by atoms with E-state index in [-0.39, 0.29) is 0 Å². The van der Waals surface area contributed by atoms with Gasteiger partial charge >= 0.3 is 0 Å². The molecule has 3 nitrogen and oxygen atoms in total. The van der Waals surface area contributed by atoms with Gasteiger partial charge in [-0.25, -0.2) is 0 Å². The van der Waals surface area contributed by atoms with Crippen molar-refractivity contribution in [1.29, 1.82) is 0 Å². The highest BCUT2D eigenvalue weighted by Crippen LogP contribution is 2.59. The second kappa shape index (κ2) is 26.7. The first kappa shape index (κ1) is 50.8. The van der Waals surface area contributed by atoms with Crippen LogP contribution in [0.15, 0.2) is 127 Å². The van der Waals surface area contributed by atoms with E-state index in [0.717, 1.165) is 11.5 Å². The zero-order valence-electron chi connectivity index (χ0n) is 40.5. The Balaban J connectivity index is 1.83. The third-order valence-corrected chi connectivity index (χ3v) is 30.0. The van der Waals surface area contributed by atoms with E-state index in [1.807, 2.05) is 14.2 Å². The van der Waals surface area contributed by atoms with E-state index in [0.29, 0.717) is 0 Å². The van der Waals surface area contributed by atoms with E-state index in [1.165, 1.54) is 140 Å². The fourth-order valence-corrected chi connectivity index (χ4v) is 27.1. The Hall–Kier alpha value is -3.21. The van der Waals surface area contributed by atoms with E-state index in [4.69, 9.17) is 9.47 Å². The molecule has 0 fully saturated rings. The molecule has 0 radical (unpaired) electrons. The monoisotopic (exact) mass is 918 g/mol. The highest BCUT2D eigenvalue weighted by atomic mass is 31.2. The number of anilines is 1. The molecule has 0 spiro atoms. The van der Waals surface area contributed by atoms with Gasteiger partial charge in [0, 0.05) is 26.9 Å². The van der Waals surface area contributed by atoms with Gasteiger partial charge in [-0.05, 0) is 36.4 Å². The smallest absolute Gasteiger partial charge is 0.128 e. The molecule has 0 heterocycles. The van der Waals surface area contributed by atoms with Gasteiger partial charge < -0.3 is 13.9 Å². The first-order valence-corrected chi connectivity index (χ1v) is 32.6. The Morgan fingerprint density at radius 3 is 1.02 bits per heavy atom. The van der Waals surface area contributed by atoms with Gasteiger partial charge in [0.1, 0.15) is 11.5 Å². The average Bonchev–Trinajstić information content (AvgIpc) is 3.34. The van der Waals surface area contributed by atoms with Gasteiger partial charge in [0.25, 0.3) is 0 Å². The molecule has 0 aromatic heterocycles. The van der Waals surface area contributed by atoms with Crippen LogP contribution in [0.4, 0.5) is 5.69 Å². The molecule has 0 amide bonds. The van der Waals surface area contributed by atoms with Crippen molar-refractivity contribution in [2.75, 3.05) is 18.7 Å². The van der Waals surface area contributed by atoms with Crippen LogP contribution < -0.4 is 45.5 Å². The summed E-state index contributed by atoms with van der Waals surface area (Å²) >= 11 is 0. The lowest BCUT2D eigenvalue weighted by Crippen LogP contribution is -2.48. The lowest BCUT2D eigenvalue weighted by molar-refractivity contribution is 0.417. The van der Waals surface area contributed by atoms with Crippen molar-refractivity contribution in [3.8, 4) is 11.5 Å². The number of benzene rings is 5. The Morgan fingerprint density at radius 1 is 0.381 bits per heavy atom. The summed E-state index contributed by atoms with van der Waals surface area (Å²) < 4.78 is 15.3. The summed E-state index contributed by atoms with van der Waals surface area (Å²) in [6.45, 7) is 14.3. The molecule has 0 aliphatic carbocycles. The SMILES string of the molecule is CCCC[Si](CCCC)(CCCC)c1ccc(P(c2ccc([Si](CCCC)(CCCC)CCCC)cc2)N(c2ccccc2)P(c2ccccc2OC)c2ccccc2OC)cc1. The Kier molecular flexibility index (Phi) is 21.5. The molecule has 0 unspecified atom stereocenters. The van der Waals surface area contributed by atoms with Gasteiger partial charge in [-0.3, -0.25) is 0 Å². The molecule has 0 saturated heterocycles. The topological polar surface area (TPSA) is 21.7 Å². The van der Waals surface area contributed by atoms with Gasteiger partial charge in [0.2, 0.25) is 0 Å². The minimum absolute atomic E-state index is 0.910. The molecule has 0 saturated carbocycles. The number of unbranched alkanes of at least 4 members (excludes halogenated alkanes) is 6. The van der Waals surface area contributed by atoms with Crippen LogP contribution in [0.5, 0.6) is 11.5 Å². The van der Waals surface area contributed by atoms with Crippen LogP contribution in [0.1, 0.15) is 119 Å². The van der Waals surface area contributed by atoms with Crippen molar-refractivity contribution in [3.63, 3.8) is 0 Å². The molecule has 340 valence electrons. The summed E-state index contributed by atoms with van der Waals surface area (Å²) in [5.41, 5.74) is 1.22. The Bertz CT molecular complexity index is 1860. The number of hydrogen-bond acceptors (Lipinski definition) is 3. The van der Waals surface area contributed by atoms with Crippen molar-refractivity contribution in [1.82, 2.24) is 0 Å². The van der Waals surface area contributed by atoms with Crippen LogP contribution in [-0.4, -0.2) is 30.4 Å². The van der Waals surface area contributed by atoms with Crippen LogP contribution in [0.25, 0.3) is 0 Å². The van der Waals surface area contributed by atoms with E-state index in [2.05, 4.69) is 173 Å². The molecular formula is C56H81NO2P2Si2. The molecule has 0 aliphatic heterocycles. The molecule has 0 aliphatic rings. The number of ether oxygens (including phenoxy) is 2. The molecule has 5 aromatic rings. The zero-order valence-corrected chi connectivity index (χ0v) is 44.3. The number of hydrogen-bond donors (Lipinski definition) is 0. The molecule has 5 aromatic carbocycles. The third-order valence-electron chi connectivity index (χ3n) is 13.5. The zero-order chi connectivity index (χ0) is 44.9. The van der Waals surface area contributed by atoms with Crippen LogP contribution in [0.2, 0.25) is 36.3 Å². The number of rotatable bonds is 29. The lowest BCUT2D eigenvalue weighted by atomic mass is 10.3.